The van der Waals surface area contributed by atoms with Crippen LogP contribution in [0, 0.1) is 6.92 Å². The van der Waals surface area contributed by atoms with Gasteiger partial charge in [-0.15, -0.1) is 0 Å². The van der Waals surface area contributed by atoms with Crippen LogP contribution in [0.5, 0.6) is 0 Å². The normalized spacial score (nSPS) is 18.1. The van der Waals surface area contributed by atoms with Gasteiger partial charge in [-0.3, -0.25) is 14.4 Å². The molecule has 0 saturated carbocycles. The van der Waals surface area contributed by atoms with Crippen molar-refractivity contribution in [2.24, 2.45) is 0 Å². The van der Waals surface area contributed by atoms with Crippen LogP contribution in [0.3, 0.4) is 0 Å². The molecule has 0 unspecified atom stereocenters. The number of rotatable bonds is 1. The molecule has 102 valence electrons. The van der Waals surface area contributed by atoms with Gasteiger partial charge in [-0.2, -0.15) is 0 Å². The maximum absolute atomic E-state index is 12.4. The number of pyridine rings is 1. The van der Waals surface area contributed by atoms with Gasteiger partial charge in [0.2, 0.25) is 5.91 Å². The SMILES string of the molecule is Cc1ccc(C(=O)N2CCNC(=O)C2(C)C)c(=O)[nH]1. The van der Waals surface area contributed by atoms with E-state index in [0.29, 0.717) is 18.8 Å². The number of nitrogens with one attached hydrogen (secondary N) is 2. The highest BCUT2D eigenvalue weighted by atomic mass is 16.2. The molecule has 0 aliphatic carbocycles. The molecule has 6 nitrogen and oxygen atoms in total. The summed E-state index contributed by atoms with van der Waals surface area (Å²) in [5.41, 5.74) is -0.621. The average molecular weight is 263 g/mol. The van der Waals surface area contributed by atoms with E-state index in [0.717, 1.165) is 0 Å². The molecule has 2 rings (SSSR count). The molecule has 1 aromatic rings. The summed E-state index contributed by atoms with van der Waals surface area (Å²) in [6, 6.07) is 3.17. The fraction of sp³-hybridized carbons (Fsp3) is 0.462. The lowest BCUT2D eigenvalue weighted by atomic mass is 9.98. The Morgan fingerprint density at radius 1 is 1.32 bits per heavy atom. The second kappa shape index (κ2) is 4.53. The highest BCUT2D eigenvalue weighted by molar-refractivity contribution is 5.99. The van der Waals surface area contributed by atoms with Crippen LogP contribution in [0.25, 0.3) is 0 Å². The lowest BCUT2D eigenvalue weighted by Crippen LogP contribution is -2.63. The third-order valence-electron chi connectivity index (χ3n) is 3.38. The molecule has 0 radical (unpaired) electrons. The second-order valence-corrected chi connectivity index (χ2v) is 5.16. The Morgan fingerprint density at radius 2 is 2.00 bits per heavy atom. The van der Waals surface area contributed by atoms with Crippen molar-refractivity contribution < 1.29 is 9.59 Å². The summed E-state index contributed by atoms with van der Waals surface area (Å²) in [5, 5.41) is 2.71. The monoisotopic (exact) mass is 263 g/mol. The van der Waals surface area contributed by atoms with E-state index < -0.39 is 17.0 Å². The third kappa shape index (κ3) is 2.25. The lowest BCUT2D eigenvalue weighted by molar-refractivity contribution is -0.133. The number of H-pyrrole nitrogens is 1. The number of piperazine rings is 1. The Bertz CT molecular complexity index is 589. The van der Waals surface area contributed by atoms with E-state index in [4.69, 9.17) is 0 Å². The van der Waals surface area contributed by atoms with Gasteiger partial charge in [0, 0.05) is 18.8 Å². The van der Waals surface area contributed by atoms with Crippen molar-refractivity contribution in [3.05, 3.63) is 33.7 Å². The van der Waals surface area contributed by atoms with Crippen LogP contribution in [-0.2, 0) is 4.79 Å². The zero-order chi connectivity index (χ0) is 14.2. The Balaban J connectivity index is 2.38. The maximum atomic E-state index is 12.4. The van der Waals surface area contributed by atoms with Gasteiger partial charge >= 0.3 is 0 Å². The number of hydrogen-bond acceptors (Lipinski definition) is 3. The molecule has 0 aromatic carbocycles. The molecule has 19 heavy (non-hydrogen) atoms. The quantitative estimate of drug-likeness (QED) is 0.750. The fourth-order valence-electron chi connectivity index (χ4n) is 2.14. The summed E-state index contributed by atoms with van der Waals surface area (Å²) < 4.78 is 0. The van der Waals surface area contributed by atoms with E-state index in [1.165, 1.54) is 11.0 Å². The first-order valence-electron chi connectivity index (χ1n) is 6.14. The number of carbonyl (C=O) groups is 2. The second-order valence-electron chi connectivity index (χ2n) is 5.16. The van der Waals surface area contributed by atoms with Crippen LogP contribution < -0.4 is 10.9 Å². The fourth-order valence-corrected chi connectivity index (χ4v) is 2.14. The topological polar surface area (TPSA) is 82.3 Å². The van der Waals surface area contributed by atoms with Gasteiger partial charge in [-0.05, 0) is 32.9 Å². The van der Waals surface area contributed by atoms with Crippen LogP contribution in [-0.4, -0.2) is 40.3 Å². The molecule has 2 amide bonds. The van der Waals surface area contributed by atoms with Gasteiger partial charge in [0.25, 0.3) is 11.5 Å². The Hall–Kier alpha value is -2.11. The minimum absolute atomic E-state index is 0.0633. The summed E-state index contributed by atoms with van der Waals surface area (Å²) in [4.78, 5) is 40.1. The van der Waals surface area contributed by atoms with Crippen LogP contribution in [0.1, 0.15) is 29.9 Å². The number of hydrogen-bond donors (Lipinski definition) is 2. The molecule has 0 spiro atoms. The van der Waals surface area contributed by atoms with Crippen LogP contribution >= 0.6 is 0 Å². The predicted octanol–water partition coefficient (Wildman–Crippen LogP) is 0.0339. The average Bonchev–Trinajstić information content (AvgIpc) is 2.32. The predicted molar refractivity (Wildman–Crippen MR) is 69.9 cm³/mol. The van der Waals surface area contributed by atoms with Crippen molar-refractivity contribution in [3.8, 4) is 0 Å². The van der Waals surface area contributed by atoms with E-state index in [1.807, 2.05) is 0 Å². The molecular formula is C13H17N3O3. The van der Waals surface area contributed by atoms with Crippen LogP contribution in [0.2, 0.25) is 0 Å². The highest BCUT2D eigenvalue weighted by Crippen LogP contribution is 2.19. The van der Waals surface area contributed by atoms with Crippen molar-refractivity contribution in [2.75, 3.05) is 13.1 Å². The first kappa shape index (κ1) is 13.3. The Labute approximate surface area is 110 Å². The van der Waals surface area contributed by atoms with Crippen molar-refractivity contribution >= 4 is 11.8 Å². The van der Waals surface area contributed by atoms with Gasteiger partial charge in [-0.1, -0.05) is 0 Å². The first-order valence-corrected chi connectivity index (χ1v) is 6.14. The van der Waals surface area contributed by atoms with E-state index in [-0.39, 0.29) is 11.5 Å². The summed E-state index contributed by atoms with van der Waals surface area (Å²) in [5.74, 6) is -0.628. The number of carbonyl (C=O) groups excluding carboxylic acids is 2. The molecule has 1 aliphatic rings. The van der Waals surface area contributed by atoms with Crippen molar-refractivity contribution in [2.45, 2.75) is 26.3 Å². The molecule has 1 fully saturated rings. The largest absolute Gasteiger partial charge is 0.352 e. The maximum Gasteiger partial charge on any atom is 0.260 e. The molecule has 0 atom stereocenters. The smallest absolute Gasteiger partial charge is 0.260 e. The van der Waals surface area contributed by atoms with Gasteiger partial charge in [0.1, 0.15) is 11.1 Å². The van der Waals surface area contributed by atoms with Crippen molar-refractivity contribution in [1.82, 2.24) is 15.2 Å². The van der Waals surface area contributed by atoms with Crippen LogP contribution in [0.4, 0.5) is 0 Å². The lowest BCUT2D eigenvalue weighted by Gasteiger charge is -2.41. The zero-order valence-electron chi connectivity index (χ0n) is 11.2. The van der Waals surface area contributed by atoms with E-state index in [2.05, 4.69) is 10.3 Å². The summed E-state index contributed by atoms with van der Waals surface area (Å²) in [6.45, 7) is 5.88. The summed E-state index contributed by atoms with van der Waals surface area (Å²) in [7, 11) is 0. The molecule has 6 heteroatoms. The minimum atomic E-state index is -0.952. The molecule has 2 N–H and O–H groups in total. The number of aryl methyl sites for hydroxylation is 1. The van der Waals surface area contributed by atoms with Gasteiger partial charge in [0.05, 0.1) is 0 Å². The van der Waals surface area contributed by atoms with Crippen molar-refractivity contribution in [3.63, 3.8) is 0 Å². The number of amides is 2. The van der Waals surface area contributed by atoms with Gasteiger partial charge < -0.3 is 15.2 Å². The standard InChI is InChI=1S/C13H17N3O3/c1-8-4-5-9(10(17)15-8)11(18)16-7-6-14-12(19)13(16,2)3/h4-5H,6-7H2,1-3H3,(H,14,19)(H,15,17). The Morgan fingerprint density at radius 3 is 2.63 bits per heavy atom. The summed E-state index contributed by atoms with van der Waals surface area (Å²) in [6.07, 6.45) is 0. The molecule has 2 heterocycles. The molecule has 1 aromatic heterocycles. The van der Waals surface area contributed by atoms with E-state index >= 15 is 0 Å². The number of nitrogens with zero attached hydrogens (tertiary/aromatic N) is 1. The van der Waals surface area contributed by atoms with E-state index in [9.17, 15) is 14.4 Å². The molecule has 1 saturated heterocycles. The van der Waals surface area contributed by atoms with E-state index in [1.54, 1.807) is 26.8 Å². The molecule has 1 aliphatic heterocycles. The highest BCUT2D eigenvalue weighted by Gasteiger charge is 2.41. The van der Waals surface area contributed by atoms with Gasteiger partial charge in [0.15, 0.2) is 0 Å². The molecule has 0 bridgehead atoms. The molecular weight excluding hydrogens is 246 g/mol. The minimum Gasteiger partial charge on any atom is -0.352 e. The first-order chi connectivity index (χ1) is 8.84. The van der Waals surface area contributed by atoms with Crippen molar-refractivity contribution in [1.29, 1.82) is 0 Å². The van der Waals surface area contributed by atoms with Gasteiger partial charge in [-0.25, -0.2) is 0 Å². The number of aromatic amines is 1. The third-order valence-corrected chi connectivity index (χ3v) is 3.38. The van der Waals surface area contributed by atoms with Crippen LogP contribution in [0.15, 0.2) is 16.9 Å². The zero-order valence-corrected chi connectivity index (χ0v) is 11.2. The Kier molecular flexibility index (Phi) is 3.18. The number of aromatic nitrogens is 1. The summed E-state index contributed by atoms with van der Waals surface area (Å²) >= 11 is 0.